The van der Waals surface area contributed by atoms with Crippen molar-refractivity contribution in [1.82, 2.24) is 0 Å². The molecule has 0 radical (unpaired) electrons. The van der Waals surface area contributed by atoms with Gasteiger partial charge < -0.3 is 5.73 Å². The fourth-order valence-corrected chi connectivity index (χ4v) is 2.91. The predicted molar refractivity (Wildman–Crippen MR) is 104 cm³/mol. The molecule has 3 aromatic rings. The van der Waals surface area contributed by atoms with Crippen molar-refractivity contribution < 1.29 is 0 Å². The molecule has 2 N–H and O–H groups in total. The van der Waals surface area contributed by atoms with E-state index in [1.165, 1.54) is 21.9 Å². The van der Waals surface area contributed by atoms with Crippen LogP contribution in [0.25, 0.3) is 22.4 Å². The summed E-state index contributed by atoms with van der Waals surface area (Å²) in [5.41, 5.74) is 12.2. The van der Waals surface area contributed by atoms with E-state index in [-0.39, 0.29) is 0 Å². The quantitative estimate of drug-likeness (QED) is 0.775. The van der Waals surface area contributed by atoms with Gasteiger partial charge in [0.2, 0.25) is 0 Å². The number of hydrogen-bond donors (Lipinski definition) is 1. The van der Waals surface area contributed by atoms with Gasteiger partial charge in [-0.2, -0.15) is 0 Å². The Balaban J connectivity index is 2.11. The highest BCUT2D eigenvalue weighted by atomic mass is 14.6. The first-order chi connectivity index (χ1) is 11.7. The number of hydrogen-bond acceptors (Lipinski definition) is 1. The zero-order valence-corrected chi connectivity index (χ0v) is 14.3. The van der Waals surface area contributed by atoms with Crippen LogP contribution in [0.15, 0.2) is 78.9 Å². The molecule has 0 saturated carbocycles. The van der Waals surface area contributed by atoms with Crippen LogP contribution in [-0.2, 0) is 0 Å². The van der Waals surface area contributed by atoms with E-state index < -0.39 is 0 Å². The highest BCUT2D eigenvalue weighted by Crippen LogP contribution is 2.20. The van der Waals surface area contributed by atoms with E-state index in [9.17, 15) is 0 Å². The van der Waals surface area contributed by atoms with E-state index in [4.69, 9.17) is 5.73 Å². The van der Waals surface area contributed by atoms with E-state index >= 15 is 0 Å². The Morgan fingerprint density at radius 3 is 1.88 bits per heavy atom. The minimum Gasteiger partial charge on any atom is -0.398 e. The second-order valence-electron chi connectivity index (χ2n) is 6.04. The van der Waals surface area contributed by atoms with Gasteiger partial charge in [0.15, 0.2) is 0 Å². The molecule has 24 heavy (non-hydrogen) atoms. The Kier molecular flexibility index (Phi) is 4.81. The summed E-state index contributed by atoms with van der Waals surface area (Å²) in [7, 11) is 0. The molecule has 0 bridgehead atoms. The second kappa shape index (κ2) is 7.18. The Bertz CT molecular complexity index is 935. The van der Waals surface area contributed by atoms with Crippen LogP contribution in [0.3, 0.4) is 0 Å². The largest absolute Gasteiger partial charge is 0.398 e. The summed E-state index contributed by atoms with van der Waals surface area (Å²) in [4.78, 5) is 0. The highest BCUT2D eigenvalue weighted by molar-refractivity contribution is 5.69. The van der Waals surface area contributed by atoms with E-state index in [0.29, 0.717) is 0 Å². The predicted octanol–water partition coefficient (Wildman–Crippen LogP) is 4.05. The average molecular weight is 313 g/mol. The molecule has 3 rings (SSSR count). The monoisotopic (exact) mass is 313 g/mol. The zero-order valence-electron chi connectivity index (χ0n) is 14.3. The van der Waals surface area contributed by atoms with Gasteiger partial charge in [-0.15, -0.1) is 0 Å². The maximum atomic E-state index is 6.50. The number of nitrogens with two attached hydrogens (primary N) is 1. The van der Waals surface area contributed by atoms with Crippen LogP contribution in [0.4, 0.5) is 0 Å². The molecule has 0 aliphatic heterocycles. The Hall–Kier alpha value is -2.80. The molecule has 0 aromatic heterocycles. The molecule has 120 valence electrons. The normalized spacial score (nSPS) is 13.4. The molecule has 0 amide bonds. The Morgan fingerprint density at radius 1 is 0.708 bits per heavy atom. The van der Waals surface area contributed by atoms with Gasteiger partial charge in [0.1, 0.15) is 0 Å². The third kappa shape index (κ3) is 3.26. The van der Waals surface area contributed by atoms with Gasteiger partial charge in [-0.05, 0) is 35.3 Å². The van der Waals surface area contributed by atoms with Gasteiger partial charge in [-0.3, -0.25) is 0 Å². The van der Waals surface area contributed by atoms with Crippen LogP contribution in [0, 0.1) is 0 Å². The molecule has 0 saturated heterocycles. The lowest BCUT2D eigenvalue weighted by atomic mass is 10.0. The first-order valence-electron chi connectivity index (χ1n) is 8.41. The molecule has 1 nitrogen and oxygen atoms in total. The van der Waals surface area contributed by atoms with Crippen molar-refractivity contribution in [3.05, 3.63) is 94.9 Å². The Morgan fingerprint density at radius 2 is 1.25 bits per heavy atom. The Labute approximate surface area is 143 Å². The fourth-order valence-electron chi connectivity index (χ4n) is 2.91. The van der Waals surface area contributed by atoms with Gasteiger partial charge in [0.05, 0.1) is 0 Å². The van der Waals surface area contributed by atoms with Crippen LogP contribution in [0.5, 0.6) is 0 Å². The second-order valence-corrected chi connectivity index (χ2v) is 6.04. The number of benzene rings is 3. The summed E-state index contributed by atoms with van der Waals surface area (Å²) in [5.74, 6) is 0. The van der Waals surface area contributed by atoms with Crippen molar-refractivity contribution >= 4 is 11.3 Å². The highest BCUT2D eigenvalue weighted by Gasteiger charge is 2.02. The molecule has 0 heterocycles. The van der Waals surface area contributed by atoms with Crippen LogP contribution >= 0.6 is 0 Å². The van der Waals surface area contributed by atoms with E-state index in [2.05, 4.69) is 80.6 Å². The summed E-state index contributed by atoms with van der Waals surface area (Å²) >= 11 is 0. The van der Waals surface area contributed by atoms with Crippen molar-refractivity contribution in [3.8, 4) is 11.1 Å². The molecule has 0 aliphatic rings. The summed E-state index contributed by atoms with van der Waals surface area (Å²) in [6.07, 6.45) is 1.03. The molecular weight excluding hydrogens is 290 g/mol. The topological polar surface area (TPSA) is 26.0 Å². The fraction of sp³-hybridized carbons (Fsp3) is 0.130. The molecule has 3 aromatic carbocycles. The maximum Gasteiger partial charge on any atom is 0.0467 e. The molecule has 0 spiro atoms. The van der Waals surface area contributed by atoms with Gasteiger partial charge in [0.25, 0.3) is 0 Å². The van der Waals surface area contributed by atoms with Crippen LogP contribution in [-0.4, -0.2) is 0 Å². The van der Waals surface area contributed by atoms with E-state index in [0.717, 1.165) is 22.9 Å². The van der Waals surface area contributed by atoms with E-state index in [1.54, 1.807) is 0 Å². The molecule has 0 unspecified atom stereocenters. The third-order valence-electron chi connectivity index (χ3n) is 4.51. The van der Waals surface area contributed by atoms with Crippen LogP contribution in [0.1, 0.15) is 25.8 Å². The molecular formula is C23H23N. The van der Waals surface area contributed by atoms with Gasteiger partial charge in [-0.25, -0.2) is 0 Å². The van der Waals surface area contributed by atoms with Crippen molar-refractivity contribution in [2.45, 2.75) is 20.3 Å². The summed E-state index contributed by atoms with van der Waals surface area (Å²) in [5, 5.41) is 2.36. The van der Waals surface area contributed by atoms with Crippen LogP contribution < -0.4 is 16.2 Å². The molecule has 1 heteroatoms. The minimum atomic E-state index is 0.831. The minimum absolute atomic E-state index is 0.831. The van der Waals surface area contributed by atoms with Gasteiger partial charge in [0, 0.05) is 10.9 Å². The smallest absolute Gasteiger partial charge is 0.0467 e. The third-order valence-corrected chi connectivity index (χ3v) is 4.51. The SMILES string of the molecule is CCC(C)=c1cccc/c1=C(/N)c1ccc(-c2ccccc2)cc1. The molecule has 0 aliphatic carbocycles. The van der Waals surface area contributed by atoms with Gasteiger partial charge >= 0.3 is 0 Å². The lowest BCUT2D eigenvalue weighted by Crippen LogP contribution is -2.31. The first kappa shape index (κ1) is 16.1. The van der Waals surface area contributed by atoms with E-state index in [1.807, 2.05) is 12.1 Å². The summed E-state index contributed by atoms with van der Waals surface area (Å²) < 4.78 is 0. The number of rotatable bonds is 3. The summed E-state index contributed by atoms with van der Waals surface area (Å²) in [6, 6.07) is 27.3. The van der Waals surface area contributed by atoms with Crippen LogP contribution in [0.2, 0.25) is 0 Å². The average Bonchev–Trinajstić information content (AvgIpc) is 2.67. The van der Waals surface area contributed by atoms with Crippen molar-refractivity contribution in [2.24, 2.45) is 5.73 Å². The maximum absolute atomic E-state index is 6.50. The first-order valence-corrected chi connectivity index (χ1v) is 8.41. The van der Waals surface area contributed by atoms with Crippen molar-refractivity contribution in [3.63, 3.8) is 0 Å². The van der Waals surface area contributed by atoms with Crippen molar-refractivity contribution in [2.75, 3.05) is 0 Å². The standard InChI is InChI=1S/C23H23N/c1-3-17(2)21-11-7-8-12-22(21)23(24)20-15-13-19(14-16-20)18-9-5-4-6-10-18/h4-16H,3,24H2,1-2H3/b21-17?,23-22-. The zero-order chi connectivity index (χ0) is 16.9. The lowest BCUT2D eigenvalue weighted by molar-refractivity contribution is 1.20. The molecule has 0 fully saturated rings. The van der Waals surface area contributed by atoms with Gasteiger partial charge in [-0.1, -0.05) is 91.4 Å². The van der Waals surface area contributed by atoms with Crippen molar-refractivity contribution in [1.29, 1.82) is 0 Å². The summed E-state index contributed by atoms with van der Waals surface area (Å²) in [6.45, 7) is 4.35. The molecule has 0 atom stereocenters. The lowest BCUT2D eigenvalue weighted by Gasteiger charge is -2.06.